The lowest BCUT2D eigenvalue weighted by molar-refractivity contribution is -0.151. The van der Waals surface area contributed by atoms with Crippen molar-refractivity contribution >= 4 is 28.5 Å². The van der Waals surface area contributed by atoms with Crippen LogP contribution >= 0.6 is 22.7 Å². The summed E-state index contributed by atoms with van der Waals surface area (Å²) in [5.74, 6) is -0.865. The van der Waals surface area contributed by atoms with E-state index in [1.54, 1.807) is 5.38 Å². The molecule has 0 spiro atoms. The normalized spacial score (nSPS) is 11.8. The minimum atomic E-state index is -4.46. The highest BCUT2D eigenvalue weighted by Gasteiger charge is 2.31. The van der Waals surface area contributed by atoms with Gasteiger partial charge in [0.1, 0.15) is 17.2 Å². The lowest BCUT2D eigenvalue weighted by Crippen LogP contribution is -2.16. The first-order valence-electron chi connectivity index (χ1n) is 5.72. The molecule has 3 nitrogen and oxygen atoms in total. The Hall–Kier alpha value is -1.28. The number of nitrogens with zero attached hydrogens (tertiary/aromatic N) is 2. The number of halogens is 3. The summed E-state index contributed by atoms with van der Waals surface area (Å²) < 4.78 is 36.3. The summed E-state index contributed by atoms with van der Waals surface area (Å²) in [6, 6.07) is 0. The number of alkyl halides is 3. The monoisotopic (exact) mass is 320 g/mol. The van der Waals surface area contributed by atoms with E-state index in [0.29, 0.717) is 10.7 Å². The van der Waals surface area contributed by atoms with Crippen LogP contribution in [0.2, 0.25) is 0 Å². The summed E-state index contributed by atoms with van der Waals surface area (Å²) in [5.41, 5.74) is 1.51. The molecular weight excluding hydrogens is 309 g/mol. The van der Waals surface area contributed by atoms with Gasteiger partial charge in [0.15, 0.2) is 0 Å². The molecule has 0 aliphatic heterocycles. The number of carbonyl (C=O) groups excluding carboxylic acids is 1. The topological polar surface area (TPSA) is 42.9 Å². The second-order valence-corrected chi connectivity index (χ2v) is 6.43. The number of Topliss-reactive ketones (excluding diaryl/α,β-unsaturated/α-hetero) is 1. The van der Waals surface area contributed by atoms with E-state index >= 15 is 0 Å². The standard InChI is InChI=1S/C12H11F3N2OS2/c1-6-11(20-7(2)16-6)9-5-19-10(17-9)3-8(18)4-12(13,14)15/h5H,3-4H2,1-2H3. The van der Waals surface area contributed by atoms with E-state index in [9.17, 15) is 18.0 Å². The van der Waals surface area contributed by atoms with Crippen LogP contribution in [0.25, 0.3) is 10.6 Å². The molecule has 0 aliphatic carbocycles. The Morgan fingerprint density at radius 3 is 2.55 bits per heavy atom. The SMILES string of the molecule is Cc1nc(C)c(-c2csc(CC(=O)CC(F)(F)F)n2)s1. The van der Waals surface area contributed by atoms with Crippen molar-refractivity contribution in [1.82, 2.24) is 9.97 Å². The van der Waals surface area contributed by atoms with Gasteiger partial charge >= 0.3 is 6.18 Å². The third-order valence-corrected chi connectivity index (χ3v) is 4.38. The number of rotatable bonds is 4. The molecule has 0 atom stereocenters. The molecule has 0 radical (unpaired) electrons. The average molecular weight is 320 g/mol. The smallest absolute Gasteiger partial charge is 0.299 e. The van der Waals surface area contributed by atoms with Gasteiger partial charge in [-0.05, 0) is 13.8 Å². The molecule has 2 rings (SSSR count). The van der Waals surface area contributed by atoms with Crippen LogP contribution in [0.3, 0.4) is 0 Å². The van der Waals surface area contributed by atoms with Gasteiger partial charge in [-0.2, -0.15) is 13.2 Å². The van der Waals surface area contributed by atoms with Gasteiger partial charge in [-0.3, -0.25) is 4.79 Å². The Morgan fingerprint density at radius 1 is 1.30 bits per heavy atom. The van der Waals surface area contributed by atoms with E-state index in [1.165, 1.54) is 22.7 Å². The summed E-state index contributed by atoms with van der Waals surface area (Å²) in [5, 5.41) is 3.05. The Kier molecular flexibility index (Phi) is 4.24. The number of hydrogen-bond acceptors (Lipinski definition) is 5. The molecule has 0 saturated carbocycles. The molecule has 0 unspecified atom stereocenters. The molecule has 2 heterocycles. The van der Waals surface area contributed by atoms with Gasteiger partial charge in [0.2, 0.25) is 0 Å². The van der Waals surface area contributed by atoms with Crippen molar-refractivity contribution in [1.29, 1.82) is 0 Å². The molecule has 2 aromatic heterocycles. The van der Waals surface area contributed by atoms with Crippen LogP contribution in [0.5, 0.6) is 0 Å². The molecule has 2 aromatic rings. The van der Waals surface area contributed by atoms with Gasteiger partial charge in [0, 0.05) is 5.38 Å². The number of ketones is 1. The fourth-order valence-corrected chi connectivity index (χ4v) is 3.49. The van der Waals surface area contributed by atoms with Crippen molar-refractivity contribution < 1.29 is 18.0 Å². The first-order valence-corrected chi connectivity index (χ1v) is 7.41. The molecule has 0 amide bonds. The van der Waals surface area contributed by atoms with Gasteiger partial charge in [-0.25, -0.2) is 9.97 Å². The number of hydrogen-bond donors (Lipinski definition) is 0. The molecule has 0 bridgehead atoms. The van der Waals surface area contributed by atoms with E-state index in [1.807, 2.05) is 13.8 Å². The first kappa shape index (κ1) is 15.1. The van der Waals surface area contributed by atoms with Gasteiger partial charge in [-0.1, -0.05) is 0 Å². The minimum absolute atomic E-state index is 0.277. The van der Waals surface area contributed by atoms with E-state index in [4.69, 9.17) is 0 Å². The number of aryl methyl sites for hydroxylation is 2. The number of carbonyl (C=O) groups is 1. The fraction of sp³-hybridized carbons (Fsp3) is 0.417. The van der Waals surface area contributed by atoms with Crippen LogP contribution in [0.1, 0.15) is 22.1 Å². The lowest BCUT2D eigenvalue weighted by atomic mass is 10.2. The Bertz CT molecular complexity index is 631. The Labute approximate surface area is 121 Å². The third kappa shape index (κ3) is 3.86. The maximum absolute atomic E-state index is 12.1. The molecule has 0 aromatic carbocycles. The molecule has 0 saturated heterocycles. The highest BCUT2D eigenvalue weighted by molar-refractivity contribution is 7.16. The molecule has 8 heteroatoms. The van der Waals surface area contributed by atoms with E-state index in [-0.39, 0.29) is 6.42 Å². The first-order chi connectivity index (χ1) is 9.24. The van der Waals surface area contributed by atoms with Crippen molar-refractivity contribution in [3.05, 3.63) is 21.1 Å². The second-order valence-electron chi connectivity index (χ2n) is 4.28. The predicted octanol–water partition coefficient (Wildman–Crippen LogP) is 3.95. The van der Waals surface area contributed by atoms with Crippen LogP contribution in [-0.2, 0) is 11.2 Å². The second kappa shape index (κ2) is 5.61. The molecular formula is C12H11F3N2OS2. The molecule has 0 aliphatic rings. The summed E-state index contributed by atoms with van der Waals surface area (Å²) in [6.07, 6.45) is -6.13. The van der Waals surface area contributed by atoms with Crippen LogP contribution in [-0.4, -0.2) is 21.9 Å². The molecule has 20 heavy (non-hydrogen) atoms. The maximum atomic E-state index is 12.1. The largest absolute Gasteiger partial charge is 0.395 e. The van der Waals surface area contributed by atoms with E-state index in [2.05, 4.69) is 9.97 Å². The summed E-state index contributed by atoms with van der Waals surface area (Å²) in [6.45, 7) is 3.73. The van der Waals surface area contributed by atoms with Crippen LogP contribution in [0.15, 0.2) is 5.38 Å². The summed E-state index contributed by atoms with van der Waals surface area (Å²) in [4.78, 5) is 20.7. The van der Waals surface area contributed by atoms with Crippen molar-refractivity contribution in [3.8, 4) is 10.6 Å². The highest BCUT2D eigenvalue weighted by Crippen LogP contribution is 2.31. The van der Waals surface area contributed by atoms with Crippen LogP contribution in [0, 0.1) is 13.8 Å². The highest BCUT2D eigenvalue weighted by atomic mass is 32.1. The minimum Gasteiger partial charge on any atom is -0.299 e. The van der Waals surface area contributed by atoms with Crippen molar-refractivity contribution in [2.75, 3.05) is 0 Å². The van der Waals surface area contributed by atoms with E-state index < -0.39 is 18.4 Å². The zero-order valence-corrected chi connectivity index (χ0v) is 12.4. The van der Waals surface area contributed by atoms with Gasteiger partial charge < -0.3 is 0 Å². The number of aromatic nitrogens is 2. The predicted molar refractivity (Wildman–Crippen MR) is 72.1 cm³/mol. The zero-order valence-electron chi connectivity index (χ0n) is 10.7. The zero-order chi connectivity index (χ0) is 14.9. The Morgan fingerprint density at radius 2 is 2.00 bits per heavy atom. The molecule has 0 fully saturated rings. The van der Waals surface area contributed by atoms with Crippen molar-refractivity contribution in [2.45, 2.75) is 32.9 Å². The van der Waals surface area contributed by atoms with Crippen molar-refractivity contribution in [3.63, 3.8) is 0 Å². The van der Waals surface area contributed by atoms with Gasteiger partial charge in [-0.15, -0.1) is 22.7 Å². The summed E-state index contributed by atoms with van der Waals surface area (Å²) >= 11 is 2.67. The summed E-state index contributed by atoms with van der Waals surface area (Å²) in [7, 11) is 0. The molecule has 108 valence electrons. The molecule has 0 N–H and O–H groups in total. The average Bonchev–Trinajstić information content (AvgIpc) is 2.82. The van der Waals surface area contributed by atoms with Crippen LogP contribution < -0.4 is 0 Å². The van der Waals surface area contributed by atoms with Crippen LogP contribution in [0.4, 0.5) is 13.2 Å². The Balaban J connectivity index is 2.10. The number of thiazole rings is 2. The maximum Gasteiger partial charge on any atom is 0.395 e. The fourth-order valence-electron chi connectivity index (χ4n) is 1.72. The quantitative estimate of drug-likeness (QED) is 0.857. The lowest BCUT2D eigenvalue weighted by Gasteiger charge is -2.03. The van der Waals surface area contributed by atoms with Crippen molar-refractivity contribution in [2.24, 2.45) is 0 Å². The van der Waals surface area contributed by atoms with E-state index in [0.717, 1.165) is 15.6 Å². The third-order valence-electron chi connectivity index (χ3n) is 2.43. The van der Waals surface area contributed by atoms with Gasteiger partial charge in [0.05, 0.1) is 27.7 Å². The van der Waals surface area contributed by atoms with Gasteiger partial charge in [0.25, 0.3) is 0 Å².